The summed E-state index contributed by atoms with van der Waals surface area (Å²) in [5.74, 6) is -3.74. The average molecular weight is 1120 g/mol. The van der Waals surface area contributed by atoms with E-state index in [-0.39, 0.29) is 50.3 Å². The first kappa shape index (κ1) is 64.8. The Hall–Kier alpha value is -3.41. The van der Waals surface area contributed by atoms with Crippen molar-refractivity contribution in [3.05, 3.63) is 91.0 Å². The molecule has 0 aliphatic carbocycles. The summed E-state index contributed by atoms with van der Waals surface area (Å²) in [4.78, 5) is 35.6. The Labute approximate surface area is 473 Å². The van der Waals surface area contributed by atoms with Crippen LogP contribution in [0, 0.1) is 23.7 Å². The maximum Gasteiger partial charge on any atom is 0.309 e. The van der Waals surface area contributed by atoms with Crippen LogP contribution in [0.5, 0.6) is 0 Å². The zero-order valence-electron chi connectivity index (χ0n) is 50.0. The van der Waals surface area contributed by atoms with Gasteiger partial charge in [0.2, 0.25) is 5.91 Å². The van der Waals surface area contributed by atoms with Crippen molar-refractivity contribution in [2.75, 3.05) is 54.0 Å². The number of aliphatic hydroxyl groups excluding tert-OH is 3. The number of esters is 1. The first-order chi connectivity index (χ1) is 37.2. The van der Waals surface area contributed by atoms with E-state index in [9.17, 15) is 35.1 Å². The summed E-state index contributed by atoms with van der Waals surface area (Å²) in [5, 5.41) is 65.1. The zero-order chi connectivity index (χ0) is 58.2. The normalized spacial score (nSPS) is 36.6. The molecule has 3 aromatic carbocycles. The largest absolute Gasteiger partial charge is 0.459 e. The lowest BCUT2D eigenvalue weighted by Gasteiger charge is -2.51. The lowest BCUT2D eigenvalue weighted by atomic mass is 9.68. The van der Waals surface area contributed by atoms with Crippen molar-refractivity contribution in [3.63, 3.8) is 0 Å². The third-order valence-electron chi connectivity index (χ3n) is 18.2. The molecule has 1 amide bonds. The summed E-state index contributed by atoms with van der Waals surface area (Å²) < 4.78 is 32.2. The van der Waals surface area contributed by atoms with Gasteiger partial charge in [0.15, 0.2) is 6.29 Å². The van der Waals surface area contributed by atoms with E-state index in [1.54, 1.807) is 46.4 Å². The Kier molecular flexibility index (Phi) is 22.8. The molecule has 16 heteroatoms. The van der Waals surface area contributed by atoms with Crippen LogP contribution in [0.4, 0.5) is 0 Å². The minimum Gasteiger partial charge on any atom is -0.459 e. The second-order valence-electron chi connectivity index (χ2n) is 24.7. The first-order valence-corrected chi connectivity index (χ1v) is 31.1. The van der Waals surface area contributed by atoms with Gasteiger partial charge in [-0.25, -0.2) is 0 Å². The summed E-state index contributed by atoms with van der Waals surface area (Å²) in [6, 6.07) is 31.3. The number of ether oxygens (including phenoxy) is 5. The van der Waals surface area contributed by atoms with Crippen LogP contribution in [0.3, 0.4) is 0 Å². The van der Waals surface area contributed by atoms with Gasteiger partial charge in [-0.05, 0) is 150 Å². The molecule has 6 rings (SSSR count). The van der Waals surface area contributed by atoms with Gasteiger partial charge in [0.05, 0.1) is 53.7 Å². The van der Waals surface area contributed by atoms with Gasteiger partial charge in [0.1, 0.15) is 53.2 Å². The SMILES string of the molecule is CC[C@H]1OC(=O)[C@H](C)C([C@H]2C[C@@](C)(OC)[C@@H](O)[C@H](C)O2)[C@H](C)[C@@H](O[C@@H]2O[C@H](C)C[C@H](N(C)C)[C@H]2O)[C@](C)(O)C[C@@H](C)CN(C(=O)CCCCN(C)CC[P+](c2ccccc2)(c2ccccc2)c2ccccc2)[C@H](C)[C@@H](O)[C@]1(C)O. The number of aliphatic hydroxyl groups is 5. The van der Waals surface area contributed by atoms with Gasteiger partial charge in [0.25, 0.3) is 0 Å². The highest BCUT2D eigenvalue weighted by molar-refractivity contribution is 7.95. The molecule has 79 heavy (non-hydrogen) atoms. The Morgan fingerprint density at radius 1 is 0.785 bits per heavy atom. The van der Waals surface area contributed by atoms with Crippen molar-refractivity contribution in [2.24, 2.45) is 23.7 Å². The van der Waals surface area contributed by atoms with Crippen molar-refractivity contribution >= 4 is 35.1 Å². The number of rotatable bonds is 17. The van der Waals surface area contributed by atoms with Gasteiger partial charge in [0, 0.05) is 45.0 Å². The quantitative estimate of drug-likeness (QED) is 0.0587. The van der Waals surface area contributed by atoms with E-state index in [1.165, 1.54) is 29.9 Å². The van der Waals surface area contributed by atoms with Gasteiger partial charge >= 0.3 is 5.97 Å². The number of likely N-dealkylation sites (N-methyl/N-ethyl adjacent to an activating group) is 1. The monoisotopic (exact) mass is 1120 g/mol. The number of benzene rings is 3. The Morgan fingerprint density at radius 3 is 1.86 bits per heavy atom. The number of nitrogens with zero attached hydrogens (tertiary/aromatic N) is 3. The van der Waals surface area contributed by atoms with Gasteiger partial charge in [-0.3, -0.25) is 9.59 Å². The van der Waals surface area contributed by atoms with Gasteiger partial charge in [-0.1, -0.05) is 82.3 Å². The summed E-state index contributed by atoms with van der Waals surface area (Å²) >= 11 is 0. The Morgan fingerprint density at radius 2 is 1.34 bits per heavy atom. The van der Waals surface area contributed by atoms with Crippen LogP contribution in [0.15, 0.2) is 91.0 Å². The zero-order valence-corrected chi connectivity index (χ0v) is 50.9. The fourth-order valence-corrected chi connectivity index (χ4v) is 17.9. The number of methoxy groups -OCH3 is 1. The predicted molar refractivity (Wildman–Crippen MR) is 313 cm³/mol. The minimum atomic E-state index is -2.05. The topological polar surface area (TPSA) is 191 Å². The summed E-state index contributed by atoms with van der Waals surface area (Å²) in [7, 11) is 5.40. The fraction of sp³-hybridized carbons (Fsp3) is 0.683. The molecule has 3 aromatic rings. The van der Waals surface area contributed by atoms with Crippen molar-refractivity contribution < 1.29 is 58.8 Å². The molecule has 5 N–H and O–H groups in total. The average Bonchev–Trinajstić information content (AvgIpc) is 3.45. The van der Waals surface area contributed by atoms with Crippen molar-refractivity contribution in [1.29, 1.82) is 0 Å². The van der Waals surface area contributed by atoms with Crippen LogP contribution in [0.2, 0.25) is 0 Å². The lowest BCUT2D eigenvalue weighted by Crippen LogP contribution is -2.61. The maximum atomic E-state index is 14.9. The van der Waals surface area contributed by atoms with Crippen LogP contribution in [-0.2, 0) is 33.3 Å². The molecule has 0 aromatic heterocycles. The van der Waals surface area contributed by atoms with E-state index in [0.717, 1.165) is 25.7 Å². The predicted octanol–water partition coefficient (Wildman–Crippen LogP) is 6.17. The smallest absolute Gasteiger partial charge is 0.309 e. The van der Waals surface area contributed by atoms with E-state index in [4.69, 9.17) is 23.7 Å². The van der Waals surface area contributed by atoms with Gasteiger partial charge in [-0.2, -0.15) is 0 Å². The number of amides is 1. The van der Waals surface area contributed by atoms with E-state index in [2.05, 4.69) is 103 Å². The Balaban J connectivity index is 1.29. The number of carbonyl (C=O) groups is 2. The number of carbonyl (C=O) groups excluding carboxylic acids is 2. The molecule has 3 aliphatic heterocycles. The third-order valence-corrected chi connectivity index (χ3v) is 22.6. The van der Waals surface area contributed by atoms with E-state index in [1.807, 2.05) is 39.8 Å². The van der Waals surface area contributed by atoms with Crippen LogP contribution in [0.25, 0.3) is 0 Å². The second-order valence-corrected chi connectivity index (χ2v) is 28.3. The van der Waals surface area contributed by atoms with Crippen molar-refractivity contribution in [1.82, 2.24) is 14.7 Å². The van der Waals surface area contributed by atoms with Crippen LogP contribution in [-0.4, -0.2) is 190 Å². The molecule has 3 heterocycles. The van der Waals surface area contributed by atoms with Crippen molar-refractivity contribution in [3.8, 4) is 0 Å². The lowest BCUT2D eigenvalue weighted by molar-refractivity contribution is -0.302. The molecule has 442 valence electrons. The standard InChI is InChI=1S/C63H99N3O12P/c1-15-52-63(10,73)56(69)45(6)66(53(67)33-25-26-34-65(13)35-36-79(47-27-19-16-20-28-47,48-29-21-17-22-30-48)49-31-23-18-24-32-49)40-41(2)38-61(8,72)58(78-60-55(68)50(64(11)12)37-42(3)75-60)43(4)54(44(5)59(71)77-52)51-39-62(9,74-14)57(70)46(7)76-51/h16-24,27-32,41-46,50-52,54-58,60,68-70,72-73H,15,25-26,33-40H2,1-14H3/q+1/t41-,42-,43+,44-,45-,46+,50+,51-,52-,54?,55-,56-,57+,58-,60+,61-,62-,63-/m1/s1. The number of unbranched alkanes of at least 4 members (excludes halogenated alkanes) is 1. The summed E-state index contributed by atoms with van der Waals surface area (Å²) in [6.45, 7) is 19.4. The molecule has 18 atom stereocenters. The van der Waals surface area contributed by atoms with Gasteiger partial charge in [-0.15, -0.1) is 0 Å². The summed E-state index contributed by atoms with van der Waals surface area (Å²) in [5.41, 5.74) is -4.77. The van der Waals surface area contributed by atoms with E-state index >= 15 is 0 Å². The highest BCUT2D eigenvalue weighted by Gasteiger charge is 2.55. The second kappa shape index (κ2) is 27.8. The van der Waals surface area contributed by atoms with Crippen LogP contribution >= 0.6 is 7.26 Å². The van der Waals surface area contributed by atoms with E-state index < -0.39 is 109 Å². The molecule has 0 spiro atoms. The molecule has 3 fully saturated rings. The highest BCUT2D eigenvalue weighted by Crippen LogP contribution is 2.55. The minimum absolute atomic E-state index is 0.0872. The molecule has 0 saturated carbocycles. The fourth-order valence-electron chi connectivity index (χ4n) is 13.5. The number of hydrogen-bond acceptors (Lipinski definition) is 14. The molecule has 3 saturated heterocycles. The molecule has 1 unspecified atom stereocenters. The van der Waals surface area contributed by atoms with Crippen LogP contribution < -0.4 is 15.9 Å². The molecular formula is C63H99N3O12P+. The van der Waals surface area contributed by atoms with E-state index in [0.29, 0.717) is 12.8 Å². The third kappa shape index (κ3) is 14.9. The van der Waals surface area contributed by atoms with Crippen molar-refractivity contribution in [2.45, 2.75) is 198 Å². The highest BCUT2D eigenvalue weighted by atomic mass is 31.2. The molecule has 3 aliphatic rings. The summed E-state index contributed by atoms with van der Waals surface area (Å²) in [6.07, 6.45) is -5.50. The first-order valence-electron chi connectivity index (χ1n) is 29.1. The Bertz CT molecular complexity index is 2250. The number of hydrogen-bond donors (Lipinski definition) is 5. The maximum absolute atomic E-state index is 14.9. The van der Waals surface area contributed by atoms with Gasteiger partial charge < -0.3 is 63.9 Å². The van der Waals surface area contributed by atoms with Crippen LogP contribution in [0.1, 0.15) is 114 Å². The number of cyclic esters (lactones) is 1. The molecule has 0 bridgehead atoms. The molecule has 15 nitrogen and oxygen atoms in total. The molecule has 0 radical (unpaired) electrons. The molecular weight excluding hydrogens is 1020 g/mol.